The summed E-state index contributed by atoms with van der Waals surface area (Å²) in [5.74, 6) is 1.47. The Morgan fingerprint density at radius 1 is 0.893 bits per heavy atom. The van der Waals surface area contributed by atoms with Crippen LogP contribution < -0.4 is 9.46 Å². The summed E-state index contributed by atoms with van der Waals surface area (Å²) in [6.07, 6.45) is 1.35. The van der Waals surface area contributed by atoms with E-state index in [1.54, 1.807) is 18.2 Å². The SMILES string of the molecule is N#Cc1cc(-c2ccc(Oc3ccccc3)cc2)ccc1NS(=O)(=O)C1CC1. The van der Waals surface area contributed by atoms with E-state index in [4.69, 9.17) is 4.74 Å². The number of anilines is 1. The highest BCUT2D eigenvalue weighted by molar-refractivity contribution is 7.93. The first kappa shape index (κ1) is 18.1. The Labute approximate surface area is 164 Å². The third-order valence-electron chi connectivity index (χ3n) is 4.52. The lowest BCUT2D eigenvalue weighted by molar-refractivity contribution is 0.483. The zero-order valence-corrected chi connectivity index (χ0v) is 15.8. The molecule has 0 radical (unpaired) electrons. The molecule has 0 heterocycles. The third kappa shape index (κ3) is 4.00. The summed E-state index contributed by atoms with van der Waals surface area (Å²) in [4.78, 5) is 0. The molecule has 6 heteroatoms. The summed E-state index contributed by atoms with van der Waals surface area (Å²) in [5, 5.41) is 9.11. The summed E-state index contributed by atoms with van der Waals surface area (Å²) in [6.45, 7) is 0. The van der Waals surface area contributed by atoms with Gasteiger partial charge in [0, 0.05) is 0 Å². The van der Waals surface area contributed by atoms with Crippen LogP contribution in [0.5, 0.6) is 11.5 Å². The van der Waals surface area contributed by atoms with Crippen molar-refractivity contribution < 1.29 is 13.2 Å². The first-order valence-electron chi connectivity index (χ1n) is 8.94. The number of benzene rings is 3. The number of sulfonamides is 1. The van der Waals surface area contributed by atoms with Gasteiger partial charge in [-0.05, 0) is 60.4 Å². The fourth-order valence-corrected chi connectivity index (χ4v) is 4.27. The summed E-state index contributed by atoms with van der Waals surface area (Å²) in [6, 6.07) is 24.3. The minimum absolute atomic E-state index is 0.298. The molecule has 1 aliphatic carbocycles. The molecule has 28 heavy (non-hydrogen) atoms. The number of ether oxygens (including phenoxy) is 1. The summed E-state index contributed by atoms with van der Waals surface area (Å²) in [5.41, 5.74) is 2.36. The van der Waals surface area contributed by atoms with E-state index in [0.29, 0.717) is 29.8 Å². The van der Waals surface area contributed by atoms with Gasteiger partial charge in [0.15, 0.2) is 0 Å². The summed E-state index contributed by atoms with van der Waals surface area (Å²) >= 11 is 0. The standard InChI is InChI=1S/C22H18N2O3S/c23-15-18-14-17(8-13-22(18)24-28(25,26)21-11-12-21)16-6-9-20(10-7-16)27-19-4-2-1-3-5-19/h1-10,13-14,21,24H,11-12H2. The lowest BCUT2D eigenvalue weighted by atomic mass is 10.0. The topological polar surface area (TPSA) is 79.2 Å². The van der Waals surface area contributed by atoms with E-state index in [1.165, 1.54) is 0 Å². The molecule has 0 spiro atoms. The predicted molar refractivity (Wildman–Crippen MR) is 109 cm³/mol. The maximum atomic E-state index is 12.1. The maximum absolute atomic E-state index is 12.1. The second kappa shape index (κ2) is 7.37. The maximum Gasteiger partial charge on any atom is 0.235 e. The van der Waals surface area contributed by atoms with Crippen LogP contribution in [0.25, 0.3) is 11.1 Å². The number of nitrogens with zero attached hydrogens (tertiary/aromatic N) is 1. The lowest BCUT2D eigenvalue weighted by Gasteiger charge is -2.11. The lowest BCUT2D eigenvalue weighted by Crippen LogP contribution is -2.18. The molecule has 0 aliphatic heterocycles. The van der Waals surface area contributed by atoms with Crippen molar-refractivity contribution >= 4 is 15.7 Å². The van der Waals surface area contributed by atoms with Crippen molar-refractivity contribution in [1.82, 2.24) is 0 Å². The Balaban J connectivity index is 1.55. The molecule has 0 atom stereocenters. The molecule has 3 aromatic rings. The van der Waals surface area contributed by atoms with Gasteiger partial charge in [0.2, 0.25) is 10.0 Å². The number of rotatable bonds is 6. The van der Waals surface area contributed by atoms with Crippen molar-refractivity contribution in [2.24, 2.45) is 0 Å². The molecule has 0 unspecified atom stereocenters. The average molecular weight is 390 g/mol. The van der Waals surface area contributed by atoms with Crippen LogP contribution in [0.3, 0.4) is 0 Å². The van der Waals surface area contributed by atoms with E-state index in [1.807, 2.05) is 54.6 Å². The van der Waals surface area contributed by atoms with Gasteiger partial charge in [-0.2, -0.15) is 5.26 Å². The fourth-order valence-electron chi connectivity index (χ4n) is 2.86. The van der Waals surface area contributed by atoms with E-state index in [-0.39, 0.29) is 5.25 Å². The van der Waals surface area contributed by atoms with Gasteiger partial charge >= 0.3 is 0 Å². The molecule has 1 aliphatic rings. The van der Waals surface area contributed by atoms with Crippen molar-refractivity contribution in [3.8, 4) is 28.7 Å². The van der Waals surface area contributed by atoms with Gasteiger partial charge in [-0.25, -0.2) is 8.42 Å². The normalized spacial score (nSPS) is 13.5. The first-order valence-corrected chi connectivity index (χ1v) is 10.5. The molecule has 5 nitrogen and oxygen atoms in total. The fraction of sp³-hybridized carbons (Fsp3) is 0.136. The van der Waals surface area contributed by atoms with Crippen LogP contribution in [0.1, 0.15) is 18.4 Å². The molecule has 0 saturated heterocycles. The Morgan fingerprint density at radius 3 is 2.18 bits per heavy atom. The van der Waals surface area contributed by atoms with Gasteiger partial charge in [0.25, 0.3) is 0 Å². The van der Waals surface area contributed by atoms with Crippen LogP contribution in [0.15, 0.2) is 72.8 Å². The van der Waals surface area contributed by atoms with Crippen LogP contribution in [0.4, 0.5) is 5.69 Å². The van der Waals surface area contributed by atoms with E-state index < -0.39 is 10.0 Å². The Bertz CT molecular complexity index is 1130. The quantitative estimate of drug-likeness (QED) is 0.648. The molecule has 1 fully saturated rings. The van der Waals surface area contributed by atoms with Crippen molar-refractivity contribution in [3.63, 3.8) is 0 Å². The van der Waals surface area contributed by atoms with Gasteiger partial charge in [-0.15, -0.1) is 0 Å². The highest BCUT2D eigenvalue weighted by Crippen LogP contribution is 2.32. The summed E-state index contributed by atoms with van der Waals surface area (Å²) < 4.78 is 32.6. The number of nitrogens with one attached hydrogen (secondary N) is 1. The van der Waals surface area contributed by atoms with Crippen molar-refractivity contribution in [2.45, 2.75) is 18.1 Å². The molecule has 0 bridgehead atoms. The van der Waals surface area contributed by atoms with E-state index >= 15 is 0 Å². The van der Waals surface area contributed by atoms with Gasteiger partial charge in [0.05, 0.1) is 16.5 Å². The number of hydrogen-bond acceptors (Lipinski definition) is 4. The van der Waals surface area contributed by atoms with Crippen molar-refractivity contribution in [2.75, 3.05) is 4.72 Å². The third-order valence-corrected chi connectivity index (χ3v) is 6.38. The minimum atomic E-state index is -3.40. The van der Waals surface area contributed by atoms with Gasteiger partial charge < -0.3 is 4.74 Å². The average Bonchev–Trinajstić information content (AvgIpc) is 3.56. The van der Waals surface area contributed by atoms with E-state index in [0.717, 1.165) is 16.9 Å². The van der Waals surface area contributed by atoms with Gasteiger partial charge in [-0.1, -0.05) is 36.4 Å². The van der Waals surface area contributed by atoms with Gasteiger partial charge in [0.1, 0.15) is 17.6 Å². The number of nitriles is 1. The van der Waals surface area contributed by atoms with E-state index in [2.05, 4.69) is 10.8 Å². The zero-order chi connectivity index (χ0) is 19.6. The van der Waals surface area contributed by atoms with Crippen LogP contribution in [-0.4, -0.2) is 13.7 Å². The largest absolute Gasteiger partial charge is 0.457 e. The Kier molecular flexibility index (Phi) is 4.76. The highest BCUT2D eigenvalue weighted by atomic mass is 32.2. The summed E-state index contributed by atoms with van der Waals surface area (Å²) in [7, 11) is -3.40. The molecule has 0 aromatic heterocycles. The molecule has 1 saturated carbocycles. The Hall–Kier alpha value is -3.30. The molecule has 3 aromatic carbocycles. The highest BCUT2D eigenvalue weighted by Gasteiger charge is 2.36. The Morgan fingerprint density at radius 2 is 1.54 bits per heavy atom. The first-order chi connectivity index (χ1) is 13.5. The monoisotopic (exact) mass is 390 g/mol. The predicted octanol–water partition coefficient (Wildman–Crippen LogP) is 4.92. The molecular formula is C22H18N2O3S. The second-order valence-electron chi connectivity index (χ2n) is 6.66. The van der Waals surface area contributed by atoms with Crippen LogP contribution in [-0.2, 0) is 10.0 Å². The number of para-hydroxylation sites is 1. The van der Waals surface area contributed by atoms with Crippen LogP contribution in [0, 0.1) is 11.3 Å². The molecular weight excluding hydrogens is 372 g/mol. The minimum Gasteiger partial charge on any atom is -0.457 e. The second-order valence-corrected chi connectivity index (χ2v) is 8.62. The molecule has 0 amide bonds. The van der Waals surface area contributed by atoms with Gasteiger partial charge in [-0.3, -0.25) is 4.72 Å². The zero-order valence-electron chi connectivity index (χ0n) is 15.0. The van der Waals surface area contributed by atoms with Crippen LogP contribution in [0.2, 0.25) is 0 Å². The smallest absolute Gasteiger partial charge is 0.235 e. The molecule has 140 valence electrons. The van der Waals surface area contributed by atoms with Crippen LogP contribution >= 0.6 is 0 Å². The molecule has 4 rings (SSSR count). The number of hydrogen-bond donors (Lipinski definition) is 1. The van der Waals surface area contributed by atoms with Crippen molar-refractivity contribution in [3.05, 3.63) is 78.4 Å². The molecule has 1 N–H and O–H groups in total. The van der Waals surface area contributed by atoms with E-state index in [9.17, 15) is 13.7 Å². The van der Waals surface area contributed by atoms with Crippen molar-refractivity contribution in [1.29, 1.82) is 5.26 Å².